The number of nitrogens with one attached hydrogen (secondary N) is 2. The molecule has 0 aliphatic heterocycles. The first-order chi connectivity index (χ1) is 7.66. The van der Waals surface area contributed by atoms with Gasteiger partial charge in [0.05, 0.1) is 0 Å². The van der Waals surface area contributed by atoms with Crippen LogP contribution in [0.25, 0.3) is 0 Å². The Balaban J connectivity index is 3.56. The van der Waals surface area contributed by atoms with E-state index in [2.05, 4.69) is 30.7 Å². The van der Waals surface area contributed by atoms with Crippen LogP contribution in [0.5, 0.6) is 0 Å². The summed E-state index contributed by atoms with van der Waals surface area (Å²) in [6.07, 6.45) is 1.74. The zero-order valence-corrected chi connectivity index (χ0v) is 12.7. The van der Waals surface area contributed by atoms with Crippen LogP contribution in [0.4, 0.5) is 4.79 Å². The number of rotatable bonds is 6. The molecule has 0 atom stereocenters. The maximum atomic E-state index is 11.3. The second-order valence-electron chi connectivity index (χ2n) is 5.57. The Hall–Kier alpha value is -0.420. The highest BCUT2D eigenvalue weighted by molar-refractivity contribution is 7.99. The largest absolute Gasteiger partial charge is 0.444 e. The van der Waals surface area contributed by atoms with Gasteiger partial charge in [0.25, 0.3) is 0 Å². The minimum absolute atomic E-state index is 0.228. The van der Waals surface area contributed by atoms with E-state index in [0.717, 1.165) is 13.1 Å². The Morgan fingerprint density at radius 2 is 1.76 bits per heavy atom. The molecule has 4 nitrogen and oxygen atoms in total. The van der Waals surface area contributed by atoms with E-state index in [1.807, 2.05) is 32.5 Å². The molecule has 1 amide bonds. The van der Waals surface area contributed by atoms with Crippen LogP contribution in [-0.2, 0) is 4.74 Å². The zero-order valence-electron chi connectivity index (χ0n) is 11.8. The van der Waals surface area contributed by atoms with Crippen LogP contribution < -0.4 is 10.6 Å². The van der Waals surface area contributed by atoms with Gasteiger partial charge in [-0.2, -0.15) is 11.8 Å². The fraction of sp³-hybridized carbons (Fsp3) is 0.917. The lowest BCUT2D eigenvalue weighted by molar-refractivity contribution is 0.0528. The van der Waals surface area contributed by atoms with Gasteiger partial charge < -0.3 is 15.4 Å². The van der Waals surface area contributed by atoms with Crippen molar-refractivity contribution in [2.45, 2.75) is 45.0 Å². The van der Waals surface area contributed by atoms with Crippen LogP contribution in [0.15, 0.2) is 0 Å². The smallest absolute Gasteiger partial charge is 0.407 e. The molecule has 0 bridgehead atoms. The van der Waals surface area contributed by atoms with Crippen LogP contribution in [-0.4, -0.2) is 42.3 Å². The summed E-state index contributed by atoms with van der Waals surface area (Å²) in [5, 5.41) is 6.02. The molecule has 0 aromatic carbocycles. The molecular weight excluding hydrogens is 236 g/mol. The number of ether oxygens (including phenoxy) is 1. The number of alkyl carbamates (subject to hydrolysis) is 1. The van der Waals surface area contributed by atoms with Crippen molar-refractivity contribution in [1.29, 1.82) is 0 Å². The van der Waals surface area contributed by atoms with Gasteiger partial charge in [0.15, 0.2) is 0 Å². The van der Waals surface area contributed by atoms with Gasteiger partial charge in [-0.05, 0) is 40.9 Å². The van der Waals surface area contributed by atoms with Crippen LogP contribution in [0, 0.1) is 0 Å². The lowest BCUT2D eigenvalue weighted by atomic mass is 10.2. The topological polar surface area (TPSA) is 50.4 Å². The van der Waals surface area contributed by atoms with Crippen LogP contribution in [0.1, 0.15) is 34.6 Å². The van der Waals surface area contributed by atoms with E-state index in [9.17, 15) is 4.79 Å². The first-order valence-electron chi connectivity index (χ1n) is 5.89. The van der Waals surface area contributed by atoms with Gasteiger partial charge in [-0.3, -0.25) is 0 Å². The summed E-state index contributed by atoms with van der Waals surface area (Å²) < 4.78 is 5.35. The molecule has 17 heavy (non-hydrogen) atoms. The van der Waals surface area contributed by atoms with Crippen molar-refractivity contribution in [3.63, 3.8) is 0 Å². The van der Waals surface area contributed by atoms with E-state index < -0.39 is 5.60 Å². The van der Waals surface area contributed by atoms with Crippen molar-refractivity contribution in [2.75, 3.05) is 25.9 Å². The van der Waals surface area contributed by atoms with Crippen molar-refractivity contribution in [1.82, 2.24) is 10.6 Å². The zero-order chi connectivity index (χ0) is 13.5. The number of hydrogen-bond acceptors (Lipinski definition) is 4. The Labute approximate surface area is 109 Å². The minimum atomic E-state index is -0.432. The lowest BCUT2D eigenvalue weighted by Gasteiger charge is -2.22. The molecule has 0 aliphatic carbocycles. The van der Waals surface area contributed by atoms with Crippen LogP contribution >= 0.6 is 11.8 Å². The van der Waals surface area contributed by atoms with E-state index >= 15 is 0 Å². The van der Waals surface area contributed by atoms with Crippen LogP contribution in [0.2, 0.25) is 0 Å². The Bertz CT molecular complexity index is 237. The number of carbonyl (C=O) groups excluding carboxylic acids is 1. The molecule has 0 spiro atoms. The van der Waals surface area contributed by atoms with E-state index in [-0.39, 0.29) is 10.8 Å². The molecular formula is C12H26N2O2S. The molecule has 0 rings (SSSR count). The molecule has 0 saturated heterocycles. The number of thioether (sulfide) groups is 1. The third-order valence-electron chi connectivity index (χ3n) is 2.07. The van der Waals surface area contributed by atoms with Gasteiger partial charge in [-0.1, -0.05) is 0 Å². The number of carbonyl (C=O) groups is 1. The second-order valence-corrected chi connectivity index (χ2v) is 7.08. The Kier molecular flexibility index (Phi) is 6.94. The lowest BCUT2D eigenvalue weighted by Crippen LogP contribution is -2.39. The summed E-state index contributed by atoms with van der Waals surface area (Å²) in [4.78, 5) is 11.3. The molecule has 0 heterocycles. The van der Waals surface area contributed by atoms with Crippen LogP contribution in [0.3, 0.4) is 0 Å². The van der Waals surface area contributed by atoms with Gasteiger partial charge >= 0.3 is 6.09 Å². The van der Waals surface area contributed by atoms with E-state index in [4.69, 9.17) is 4.74 Å². The molecule has 0 aromatic heterocycles. The molecule has 0 unspecified atom stereocenters. The van der Waals surface area contributed by atoms with Crippen molar-refractivity contribution in [3.8, 4) is 0 Å². The number of amides is 1. The Morgan fingerprint density at radius 3 is 2.24 bits per heavy atom. The fourth-order valence-electron chi connectivity index (χ4n) is 1.03. The van der Waals surface area contributed by atoms with Gasteiger partial charge in [-0.15, -0.1) is 0 Å². The van der Waals surface area contributed by atoms with Crippen molar-refractivity contribution in [3.05, 3.63) is 0 Å². The maximum Gasteiger partial charge on any atom is 0.407 e. The average Bonchev–Trinajstić information content (AvgIpc) is 2.14. The van der Waals surface area contributed by atoms with E-state index in [0.29, 0.717) is 6.54 Å². The molecule has 0 radical (unpaired) electrons. The molecule has 0 aliphatic rings. The summed E-state index contributed by atoms with van der Waals surface area (Å²) in [5.41, 5.74) is -0.432. The maximum absolute atomic E-state index is 11.3. The fourth-order valence-corrected chi connectivity index (χ4v) is 1.28. The standard InChI is InChI=1S/C12H26N2O2S/c1-11(2,3)16-10(15)14-8-7-13-9-12(4,5)17-6/h13H,7-9H2,1-6H3,(H,14,15). The van der Waals surface area contributed by atoms with Gasteiger partial charge in [0, 0.05) is 24.4 Å². The van der Waals surface area contributed by atoms with Crippen molar-refractivity contribution >= 4 is 17.9 Å². The quantitative estimate of drug-likeness (QED) is 0.721. The monoisotopic (exact) mass is 262 g/mol. The predicted octanol–water partition coefficient (Wildman–Crippen LogP) is 2.24. The van der Waals surface area contributed by atoms with E-state index in [1.165, 1.54) is 0 Å². The third kappa shape index (κ3) is 10.5. The van der Waals surface area contributed by atoms with Gasteiger partial charge in [0.1, 0.15) is 5.60 Å². The summed E-state index contributed by atoms with van der Waals surface area (Å²) in [5.74, 6) is 0. The summed E-state index contributed by atoms with van der Waals surface area (Å²) in [6, 6.07) is 0. The summed E-state index contributed by atoms with van der Waals surface area (Å²) >= 11 is 1.82. The van der Waals surface area contributed by atoms with Crippen molar-refractivity contribution in [2.24, 2.45) is 0 Å². The number of hydrogen-bond donors (Lipinski definition) is 2. The summed E-state index contributed by atoms with van der Waals surface area (Å²) in [7, 11) is 0. The highest BCUT2D eigenvalue weighted by atomic mass is 32.2. The third-order valence-corrected chi connectivity index (χ3v) is 3.32. The van der Waals surface area contributed by atoms with E-state index in [1.54, 1.807) is 0 Å². The highest BCUT2D eigenvalue weighted by Gasteiger charge is 2.16. The molecule has 0 aromatic rings. The summed E-state index contributed by atoms with van der Waals surface area (Å²) in [6.45, 7) is 12.2. The van der Waals surface area contributed by atoms with Gasteiger partial charge in [0.2, 0.25) is 0 Å². The second kappa shape index (κ2) is 7.11. The SMILES string of the molecule is CSC(C)(C)CNCCNC(=O)OC(C)(C)C. The molecule has 0 fully saturated rings. The normalized spacial score (nSPS) is 12.4. The molecule has 5 heteroatoms. The Morgan fingerprint density at radius 1 is 1.18 bits per heavy atom. The molecule has 0 saturated carbocycles. The predicted molar refractivity (Wildman–Crippen MR) is 74.7 cm³/mol. The highest BCUT2D eigenvalue weighted by Crippen LogP contribution is 2.19. The minimum Gasteiger partial charge on any atom is -0.444 e. The molecule has 102 valence electrons. The first kappa shape index (κ1) is 16.6. The first-order valence-corrected chi connectivity index (χ1v) is 7.11. The van der Waals surface area contributed by atoms with Gasteiger partial charge in [-0.25, -0.2) is 4.79 Å². The molecule has 2 N–H and O–H groups in total. The average molecular weight is 262 g/mol. The van der Waals surface area contributed by atoms with Crippen molar-refractivity contribution < 1.29 is 9.53 Å².